The van der Waals surface area contributed by atoms with Crippen molar-refractivity contribution in [3.05, 3.63) is 46.0 Å². The zero-order valence-electron chi connectivity index (χ0n) is 34.4. The Morgan fingerprint density at radius 2 is 0.736 bits per heavy atom. The molecule has 0 aliphatic carbocycles. The number of nitrogens with zero attached hydrogens (tertiary/aromatic N) is 4. The average molecular weight is 731 g/mol. The minimum atomic E-state index is -0.483. The van der Waals surface area contributed by atoms with Gasteiger partial charge >= 0.3 is 0 Å². The molecule has 0 spiro atoms. The van der Waals surface area contributed by atoms with Gasteiger partial charge in [-0.1, -0.05) is 156 Å². The molecule has 0 bridgehead atoms. The summed E-state index contributed by atoms with van der Waals surface area (Å²) < 4.78 is 33.2. The van der Waals surface area contributed by atoms with Crippen molar-refractivity contribution in [3.8, 4) is 0 Å². The van der Waals surface area contributed by atoms with Gasteiger partial charge in [0, 0.05) is 11.6 Å². The van der Waals surface area contributed by atoms with E-state index in [1.165, 1.54) is 109 Å². The van der Waals surface area contributed by atoms with Crippen molar-refractivity contribution in [1.29, 1.82) is 0 Å². The maximum atomic E-state index is 16.8. The number of aryl methyl sites for hydroxylation is 5. The number of aromatic nitrogens is 4. The number of fused-ring (bicyclic) bond motifs is 5. The van der Waals surface area contributed by atoms with E-state index in [0.29, 0.717) is 27.6 Å². The molecule has 0 amide bonds. The van der Waals surface area contributed by atoms with Gasteiger partial charge in [0.05, 0.1) is 44.6 Å². The molecular formula is C47H72F2N4. The van der Waals surface area contributed by atoms with E-state index in [1.54, 1.807) is 6.92 Å². The summed E-state index contributed by atoms with van der Waals surface area (Å²) in [6.07, 6.45) is 32.0. The highest BCUT2D eigenvalue weighted by Crippen LogP contribution is 2.37. The summed E-state index contributed by atoms with van der Waals surface area (Å²) in [4.78, 5) is 20.6. The van der Waals surface area contributed by atoms with Gasteiger partial charge in [0.2, 0.25) is 0 Å². The first-order chi connectivity index (χ1) is 25.9. The highest BCUT2D eigenvalue weighted by molar-refractivity contribution is 6.15. The van der Waals surface area contributed by atoms with Gasteiger partial charge in [-0.3, -0.25) is 0 Å². The average Bonchev–Trinajstić information content (AvgIpc) is 3.16. The molecule has 0 saturated carbocycles. The Kier molecular flexibility index (Phi) is 19.4. The third-order valence-electron chi connectivity index (χ3n) is 11.3. The smallest absolute Gasteiger partial charge is 0.138 e. The SMILES string of the molecule is CCCCCCCCc1nc2cc(F)c3c4nc(CCCCCCCC)c(CCCCCCCC)nc4c(C)c(F)c3c2nc1CCCCCCCC. The predicted molar refractivity (Wildman–Crippen MR) is 223 cm³/mol. The lowest BCUT2D eigenvalue weighted by atomic mass is 9.98. The molecule has 0 fully saturated rings. The third kappa shape index (κ3) is 12.6. The van der Waals surface area contributed by atoms with Gasteiger partial charge in [-0.2, -0.15) is 0 Å². The fraction of sp³-hybridized carbons (Fsp3) is 0.702. The van der Waals surface area contributed by atoms with Crippen LogP contribution in [-0.2, 0) is 25.7 Å². The van der Waals surface area contributed by atoms with Gasteiger partial charge in [-0.15, -0.1) is 0 Å². The molecule has 4 nitrogen and oxygen atoms in total. The van der Waals surface area contributed by atoms with Gasteiger partial charge in [-0.05, 0) is 58.3 Å². The van der Waals surface area contributed by atoms with Gasteiger partial charge in [-0.25, -0.2) is 28.7 Å². The van der Waals surface area contributed by atoms with Crippen LogP contribution in [-0.4, -0.2) is 19.9 Å². The molecule has 6 heteroatoms. The second-order valence-corrected chi connectivity index (χ2v) is 15.9. The molecule has 294 valence electrons. The lowest BCUT2D eigenvalue weighted by Gasteiger charge is -2.16. The van der Waals surface area contributed by atoms with Crippen LogP contribution in [0, 0.1) is 18.6 Å². The quantitative estimate of drug-likeness (QED) is 0.0431. The molecule has 2 aromatic carbocycles. The fourth-order valence-electron chi connectivity index (χ4n) is 8.00. The first-order valence-electron chi connectivity index (χ1n) is 22.2. The van der Waals surface area contributed by atoms with Crippen LogP contribution >= 0.6 is 0 Å². The zero-order chi connectivity index (χ0) is 37.8. The van der Waals surface area contributed by atoms with Crippen molar-refractivity contribution in [1.82, 2.24) is 19.9 Å². The molecule has 0 unspecified atom stereocenters. The predicted octanol–water partition coefficient (Wildman–Crippen LogP) is 14.9. The maximum Gasteiger partial charge on any atom is 0.138 e. The van der Waals surface area contributed by atoms with Gasteiger partial charge in [0.25, 0.3) is 0 Å². The summed E-state index contributed by atoms with van der Waals surface area (Å²) in [7, 11) is 0. The Balaban J connectivity index is 1.75. The Morgan fingerprint density at radius 3 is 1.15 bits per heavy atom. The van der Waals surface area contributed by atoms with Crippen molar-refractivity contribution in [2.75, 3.05) is 0 Å². The van der Waals surface area contributed by atoms with Gasteiger partial charge in [0.15, 0.2) is 0 Å². The monoisotopic (exact) mass is 731 g/mol. The molecule has 4 aromatic rings. The van der Waals surface area contributed by atoms with Crippen LogP contribution in [0.5, 0.6) is 0 Å². The van der Waals surface area contributed by atoms with Crippen LogP contribution in [0.2, 0.25) is 0 Å². The second kappa shape index (κ2) is 23.9. The maximum absolute atomic E-state index is 16.8. The zero-order valence-corrected chi connectivity index (χ0v) is 34.4. The first-order valence-corrected chi connectivity index (χ1v) is 22.2. The lowest BCUT2D eigenvalue weighted by molar-refractivity contribution is 0.592. The van der Waals surface area contributed by atoms with E-state index in [9.17, 15) is 0 Å². The van der Waals surface area contributed by atoms with Crippen molar-refractivity contribution >= 4 is 32.8 Å². The molecule has 53 heavy (non-hydrogen) atoms. The van der Waals surface area contributed by atoms with E-state index in [2.05, 4.69) is 27.7 Å². The first kappa shape index (κ1) is 43.0. The molecule has 0 aliphatic heterocycles. The summed E-state index contributed by atoms with van der Waals surface area (Å²) >= 11 is 0. The molecule has 2 aromatic heterocycles. The summed E-state index contributed by atoms with van der Waals surface area (Å²) in [5, 5.41) is 0.429. The van der Waals surface area contributed by atoms with E-state index in [1.807, 2.05) is 0 Å². The molecule has 0 atom stereocenters. The van der Waals surface area contributed by atoms with Crippen LogP contribution < -0.4 is 0 Å². The minimum Gasteiger partial charge on any atom is -0.249 e. The third-order valence-corrected chi connectivity index (χ3v) is 11.3. The fourth-order valence-corrected chi connectivity index (χ4v) is 8.00. The van der Waals surface area contributed by atoms with E-state index in [4.69, 9.17) is 19.9 Å². The van der Waals surface area contributed by atoms with Gasteiger partial charge < -0.3 is 0 Å². The molecule has 2 heterocycles. The van der Waals surface area contributed by atoms with Crippen molar-refractivity contribution < 1.29 is 8.78 Å². The van der Waals surface area contributed by atoms with Crippen molar-refractivity contribution in [2.24, 2.45) is 0 Å². The highest BCUT2D eigenvalue weighted by Gasteiger charge is 2.24. The van der Waals surface area contributed by atoms with Crippen LogP contribution in [0.25, 0.3) is 32.8 Å². The Hall–Kier alpha value is -2.76. The Bertz CT molecular complexity index is 1680. The van der Waals surface area contributed by atoms with E-state index in [-0.39, 0.29) is 10.8 Å². The summed E-state index contributed by atoms with van der Waals surface area (Å²) in [5.74, 6) is -0.924. The Labute approximate surface area is 321 Å². The normalized spacial score (nSPS) is 11.9. The number of hydrogen-bond acceptors (Lipinski definition) is 4. The van der Waals surface area contributed by atoms with E-state index >= 15 is 8.78 Å². The number of benzene rings is 2. The number of halogens is 2. The topological polar surface area (TPSA) is 51.6 Å². The second-order valence-electron chi connectivity index (χ2n) is 15.9. The lowest BCUT2D eigenvalue weighted by Crippen LogP contribution is -2.08. The van der Waals surface area contributed by atoms with Crippen LogP contribution in [0.4, 0.5) is 8.78 Å². The molecule has 0 saturated heterocycles. The van der Waals surface area contributed by atoms with E-state index in [0.717, 1.165) is 99.8 Å². The summed E-state index contributed by atoms with van der Waals surface area (Å²) in [6, 6.07) is 1.48. The standard InChI is InChI=1S/C47H72F2N4/c1-6-10-14-18-22-26-30-37-38(31-27-23-19-15-11-7-2)52-46-41(50-37)34-36(48)42-43(46)44(49)35(5)45-47(42)53-40(33-29-25-21-17-13-9-4)39(51-45)32-28-24-20-16-12-8-3/h34H,6-33H2,1-5H3. The van der Waals surface area contributed by atoms with Crippen molar-refractivity contribution in [2.45, 2.75) is 214 Å². The molecule has 0 aliphatic rings. The largest absolute Gasteiger partial charge is 0.249 e. The molecular weight excluding hydrogens is 659 g/mol. The molecule has 0 N–H and O–H groups in total. The van der Waals surface area contributed by atoms with Crippen LogP contribution in [0.3, 0.4) is 0 Å². The van der Waals surface area contributed by atoms with Crippen LogP contribution in [0.15, 0.2) is 6.07 Å². The van der Waals surface area contributed by atoms with E-state index < -0.39 is 11.6 Å². The Morgan fingerprint density at radius 1 is 0.396 bits per heavy atom. The summed E-state index contributed by atoms with van der Waals surface area (Å²) in [6.45, 7) is 10.8. The van der Waals surface area contributed by atoms with Crippen molar-refractivity contribution in [3.63, 3.8) is 0 Å². The number of hydrogen-bond donors (Lipinski definition) is 0. The number of unbranched alkanes of at least 4 members (excludes halogenated alkanes) is 20. The number of rotatable bonds is 28. The van der Waals surface area contributed by atoms with Gasteiger partial charge in [0.1, 0.15) is 22.7 Å². The minimum absolute atomic E-state index is 0.210. The highest BCUT2D eigenvalue weighted by atomic mass is 19.1. The molecule has 0 radical (unpaired) electrons. The molecule has 4 rings (SSSR count). The summed E-state index contributed by atoms with van der Waals surface area (Å²) in [5.41, 5.74) is 6.13. The van der Waals surface area contributed by atoms with Crippen LogP contribution in [0.1, 0.15) is 210 Å².